The van der Waals surface area contributed by atoms with Crippen LogP contribution in [0.3, 0.4) is 0 Å². The van der Waals surface area contributed by atoms with Gasteiger partial charge in [0.1, 0.15) is 5.69 Å². The van der Waals surface area contributed by atoms with Crippen LogP contribution in [0, 0.1) is 0 Å². The van der Waals surface area contributed by atoms with Gasteiger partial charge in [-0.05, 0) is 67.5 Å². The Morgan fingerprint density at radius 1 is 1.21 bits per heavy atom. The van der Waals surface area contributed by atoms with E-state index in [1.54, 1.807) is 0 Å². The molecule has 0 saturated carbocycles. The van der Waals surface area contributed by atoms with Crippen molar-refractivity contribution in [1.82, 2.24) is 14.5 Å². The fraction of sp³-hybridized carbons (Fsp3) is 0.333. The molecule has 0 amide bonds. The van der Waals surface area contributed by atoms with Crippen LogP contribution in [0.25, 0.3) is 33.2 Å². The number of para-hydroxylation sites is 1. The zero-order valence-corrected chi connectivity index (χ0v) is 16.8. The largest absolute Gasteiger partial charge is 0.347 e. The maximum atomic E-state index is 13.0. The van der Waals surface area contributed by atoms with Crippen molar-refractivity contribution in [2.75, 3.05) is 6.54 Å². The summed E-state index contributed by atoms with van der Waals surface area (Å²) in [5, 5.41) is 1.08. The number of benzene rings is 2. The van der Waals surface area contributed by atoms with E-state index >= 15 is 0 Å². The molecule has 1 aliphatic rings. The molecule has 0 bridgehead atoms. The van der Waals surface area contributed by atoms with Crippen molar-refractivity contribution < 1.29 is 0 Å². The maximum absolute atomic E-state index is 13.0. The first-order valence-electron chi connectivity index (χ1n) is 10.6. The molecule has 2 heterocycles. The van der Waals surface area contributed by atoms with Crippen LogP contribution in [-0.2, 0) is 25.8 Å². The second-order valence-corrected chi connectivity index (χ2v) is 7.95. The van der Waals surface area contributed by atoms with E-state index in [2.05, 4.69) is 53.0 Å². The van der Waals surface area contributed by atoms with E-state index in [9.17, 15) is 4.79 Å². The summed E-state index contributed by atoms with van der Waals surface area (Å²) in [4.78, 5) is 20.9. The van der Waals surface area contributed by atoms with E-state index in [0.717, 1.165) is 54.2 Å². The summed E-state index contributed by atoms with van der Waals surface area (Å²) in [6.07, 6.45) is 7.28. The lowest BCUT2D eigenvalue weighted by Gasteiger charge is -2.07. The van der Waals surface area contributed by atoms with Crippen molar-refractivity contribution in [2.24, 2.45) is 5.73 Å². The Kier molecular flexibility index (Phi) is 4.47. The number of aromatic nitrogens is 3. The SMILES string of the molecule is CCc1cccc2c(-c3nc4cc5c(cc4[nH]c3=O)CCC5)cn(CCCN)c12. The highest BCUT2D eigenvalue weighted by atomic mass is 16.1. The zero-order chi connectivity index (χ0) is 20.0. The minimum atomic E-state index is -0.129. The molecule has 2 aromatic heterocycles. The number of nitrogens with zero attached hydrogens (tertiary/aromatic N) is 2. The van der Waals surface area contributed by atoms with Gasteiger partial charge < -0.3 is 15.3 Å². The first kappa shape index (κ1) is 18.1. The van der Waals surface area contributed by atoms with Gasteiger partial charge in [0, 0.05) is 23.7 Å². The first-order chi connectivity index (χ1) is 14.2. The molecule has 4 aromatic rings. The number of aromatic amines is 1. The maximum Gasteiger partial charge on any atom is 0.275 e. The molecule has 29 heavy (non-hydrogen) atoms. The molecule has 5 rings (SSSR count). The molecule has 1 aliphatic carbocycles. The molecule has 0 saturated heterocycles. The molecule has 0 fully saturated rings. The summed E-state index contributed by atoms with van der Waals surface area (Å²) in [7, 11) is 0. The lowest BCUT2D eigenvalue weighted by molar-refractivity contribution is 0.669. The molecule has 0 aliphatic heterocycles. The Hall–Kier alpha value is -2.92. The Morgan fingerprint density at radius 2 is 2.03 bits per heavy atom. The van der Waals surface area contributed by atoms with Gasteiger partial charge in [0.25, 0.3) is 5.56 Å². The molecule has 2 aromatic carbocycles. The fourth-order valence-electron chi connectivity index (χ4n) is 4.69. The van der Waals surface area contributed by atoms with Gasteiger partial charge in [-0.15, -0.1) is 0 Å². The van der Waals surface area contributed by atoms with Crippen molar-refractivity contribution in [3.8, 4) is 11.3 Å². The quantitative estimate of drug-likeness (QED) is 0.545. The van der Waals surface area contributed by atoms with Crippen molar-refractivity contribution >= 4 is 21.9 Å². The predicted molar refractivity (Wildman–Crippen MR) is 118 cm³/mol. The molecule has 0 unspecified atom stereocenters. The lowest BCUT2D eigenvalue weighted by Crippen LogP contribution is -2.11. The molecule has 0 radical (unpaired) electrons. The zero-order valence-electron chi connectivity index (χ0n) is 16.8. The third-order valence-corrected chi connectivity index (χ3v) is 6.13. The molecule has 5 nitrogen and oxygen atoms in total. The summed E-state index contributed by atoms with van der Waals surface area (Å²) in [6.45, 7) is 3.64. The summed E-state index contributed by atoms with van der Waals surface area (Å²) in [5.41, 5.74) is 13.9. The van der Waals surface area contributed by atoms with Gasteiger partial charge in [0.2, 0.25) is 0 Å². The van der Waals surface area contributed by atoms with E-state index < -0.39 is 0 Å². The second-order valence-electron chi connectivity index (χ2n) is 7.95. The van der Waals surface area contributed by atoms with Crippen LogP contribution in [-0.4, -0.2) is 21.1 Å². The highest BCUT2D eigenvalue weighted by Crippen LogP contribution is 2.32. The van der Waals surface area contributed by atoms with E-state index in [1.807, 2.05) is 0 Å². The Balaban J connectivity index is 1.75. The lowest BCUT2D eigenvalue weighted by atomic mass is 10.0. The van der Waals surface area contributed by atoms with E-state index in [1.165, 1.54) is 28.6 Å². The Morgan fingerprint density at radius 3 is 2.83 bits per heavy atom. The van der Waals surface area contributed by atoms with Crippen LogP contribution in [0.4, 0.5) is 0 Å². The summed E-state index contributed by atoms with van der Waals surface area (Å²) in [5.74, 6) is 0. The normalized spacial score (nSPS) is 13.4. The third kappa shape index (κ3) is 2.97. The predicted octanol–water partition coefficient (Wildman–Crippen LogP) is 3.94. The number of fused-ring (bicyclic) bond motifs is 3. The van der Waals surface area contributed by atoms with Crippen LogP contribution >= 0.6 is 0 Å². The number of H-pyrrole nitrogens is 1. The Bertz CT molecular complexity index is 1280. The number of hydrogen-bond donors (Lipinski definition) is 2. The highest BCUT2D eigenvalue weighted by Gasteiger charge is 2.18. The average molecular weight is 386 g/mol. The highest BCUT2D eigenvalue weighted by molar-refractivity contribution is 5.97. The summed E-state index contributed by atoms with van der Waals surface area (Å²) < 4.78 is 2.24. The standard InChI is InChI=1S/C24H26N4O/c1-2-15-6-4-9-18-19(14-28(23(15)18)11-5-10-25)22-24(29)27-21-13-17-8-3-7-16(17)12-20(21)26-22/h4,6,9,12-14H,2-3,5,7-8,10-11,25H2,1H3,(H,27,29). The van der Waals surface area contributed by atoms with E-state index in [0.29, 0.717) is 12.2 Å². The van der Waals surface area contributed by atoms with Crippen LogP contribution < -0.4 is 11.3 Å². The number of nitrogens with one attached hydrogen (secondary N) is 1. The Labute approximate surface area is 169 Å². The summed E-state index contributed by atoms with van der Waals surface area (Å²) >= 11 is 0. The van der Waals surface area contributed by atoms with Crippen LogP contribution in [0.1, 0.15) is 36.5 Å². The monoisotopic (exact) mass is 386 g/mol. The van der Waals surface area contributed by atoms with E-state index in [-0.39, 0.29) is 5.56 Å². The fourth-order valence-corrected chi connectivity index (χ4v) is 4.69. The minimum absolute atomic E-state index is 0.129. The minimum Gasteiger partial charge on any atom is -0.347 e. The molecular formula is C24H26N4O. The topological polar surface area (TPSA) is 76.7 Å². The number of hydrogen-bond acceptors (Lipinski definition) is 3. The number of nitrogens with two attached hydrogens (primary N) is 1. The molecule has 5 heteroatoms. The molecule has 3 N–H and O–H groups in total. The molecule has 0 spiro atoms. The van der Waals surface area contributed by atoms with E-state index in [4.69, 9.17) is 10.7 Å². The molecule has 148 valence electrons. The number of rotatable bonds is 5. The van der Waals surface area contributed by atoms with Gasteiger partial charge in [-0.1, -0.05) is 25.1 Å². The van der Waals surface area contributed by atoms with Crippen molar-refractivity contribution in [3.63, 3.8) is 0 Å². The van der Waals surface area contributed by atoms with Gasteiger partial charge in [-0.25, -0.2) is 4.98 Å². The molecular weight excluding hydrogens is 360 g/mol. The van der Waals surface area contributed by atoms with Crippen LogP contribution in [0.2, 0.25) is 0 Å². The second kappa shape index (κ2) is 7.16. The smallest absolute Gasteiger partial charge is 0.275 e. The van der Waals surface area contributed by atoms with Crippen LogP contribution in [0.5, 0.6) is 0 Å². The third-order valence-electron chi connectivity index (χ3n) is 6.13. The van der Waals surface area contributed by atoms with Gasteiger partial charge in [0.15, 0.2) is 0 Å². The number of aryl methyl sites for hydroxylation is 4. The van der Waals surface area contributed by atoms with Crippen LogP contribution in [0.15, 0.2) is 41.3 Å². The van der Waals surface area contributed by atoms with Crippen molar-refractivity contribution in [2.45, 2.75) is 45.6 Å². The van der Waals surface area contributed by atoms with Gasteiger partial charge in [-0.3, -0.25) is 4.79 Å². The van der Waals surface area contributed by atoms with Crippen molar-refractivity contribution in [3.05, 3.63) is 63.6 Å². The first-order valence-corrected chi connectivity index (χ1v) is 10.6. The van der Waals surface area contributed by atoms with Gasteiger partial charge in [0.05, 0.1) is 16.6 Å². The van der Waals surface area contributed by atoms with Gasteiger partial charge in [-0.2, -0.15) is 0 Å². The molecule has 0 atom stereocenters. The average Bonchev–Trinajstić information content (AvgIpc) is 3.34. The summed E-state index contributed by atoms with van der Waals surface area (Å²) in [6, 6.07) is 10.6. The van der Waals surface area contributed by atoms with Gasteiger partial charge >= 0.3 is 0 Å². The van der Waals surface area contributed by atoms with Crippen molar-refractivity contribution in [1.29, 1.82) is 0 Å².